The quantitative estimate of drug-likeness (QED) is 0.866. The summed E-state index contributed by atoms with van der Waals surface area (Å²) in [5, 5.41) is 0. The van der Waals surface area contributed by atoms with Gasteiger partial charge in [-0.25, -0.2) is 13.2 Å². The Kier molecular flexibility index (Phi) is 5.41. The van der Waals surface area contributed by atoms with E-state index in [4.69, 9.17) is 4.74 Å². The summed E-state index contributed by atoms with van der Waals surface area (Å²) >= 11 is 0. The molecule has 7 heteroatoms. The third-order valence-electron chi connectivity index (χ3n) is 4.76. The highest BCUT2D eigenvalue weighted by Crippen LogP contribution is 2.25. The second-order valence-corrected chi connectivity index (χ2v) is 8.64. The van der Waals surface area contributed by atoms with Gasteiger partial charge in [0.1, 0.15) is 0 Å². The van der Waals surface area contributed by atoms with Crippen molar-refractivity contribution < 1.29 is 17.9 Å². The first-order chi connectivity index (χ1) is 12.8. The molecule has 0 aliphatic carbocycles. The molecule has 1 amide bonds. The Morgan fingerprint density at radius 1 is 1.11 bits per heavy atom. The molecule has 0 radical (unpaired) electrons. The molecule has 1 aliphatic rings. The van der Waals surface area contributed by atoms with Crippen LogP contribution < -0.4 is 4.72 Å². The SMILES string of the molecule is COC(=O)N1CCc2ccc(NS(=O)(=O)c3ccc(C(C)C)cc3)cc2C1. The fourth-order valence-corrected chi connectivity index (χ4v) is 4.20. The molecule has 0 unspecified atom stereocenters. The summed E-state index contributed by atoms with van der Waals surface area (Å²) in [6.45, 7) is 5.12. The number of rotatable bonds is 4. The van der Waals surface area contributed by atoms with Crippen molar-refractivity contribution in [2.24, 2.45) is 0 Å². The number of sulfonamides is 1. The van der Waals surface area contributed by atoms with Gasteiger partial charge >= 0.3 is 6.09 Å². The van der Waals surface area contributed by atoms with E-state index in [1.165, 1.54) is 7.11 Å². The average Bonchev–Trinajstić information content (AvgIpc) is 2.66. The first kappa shape index (κ1) is 19.2. The molecule has 27 heavy (non-hydrogen) atoms. The Hall–Kier alpha value is -2.54. The molecule has 0 fully saturated rings. The number of anilines is 1. The second kappa shape index (κ2) is 7.60. The van der Waals surface area contributed by atoms with Crippen LogP contribution >= 0.6 is 0 Å². The number of ether oxygens (including phenoxy) is 1. The van der Waals surface area contributed by atoms with E-state index in [0.717, 1.165) is 16.7 Å². The Balaban J connectivity index is 1.80. The molecule has 2 aromatic rings. The van der Waals surface area contributed by atoms with E-state index in [1.54, 1.807) is 29.2 Å². The lowest BCUT2D eigenvalue weighted by Gasteiger charge is -2.28. The molecular weight excluding hydrogens is 364 g/mol. The monoisotopic (exact) mass is 388 g/mol. The second-order valence-electron chi connectivity index (χ2n) is 6.95. The topological polar surface area (TPSA) is 75.7 Å². The highest BCUT2D eigenvalue weighted by Gasteiger charge is 2.22. The van der Waals surface area contributed by atoms with Crippen LogP contribution in [0.2, 0.25) is 0 Å². The van der Waals surface area contributed by atoms with E-state index in [2.05, 4.69) is 18.6 Å². The third-order valence-corrected chi connectivity index (χ3v) is 6.16. The third kappa shape index (κ3) is 4.24. The number of benzene rings is 2. The van der Waals surface area contributed by atoms with Crippen LogP contribution in [0.15, 0.2) is 47.4 Å². The van der Waals surface area contributed by atoms with Crippen molar-refractivity contribution in [1.29, 1.82) is 0 Å². The Bertz CT molecular complexity index is 937. The minimum Gasteiger partial charge on any atom is -0.453 e. The summed E-state index contributed by atoms with van der Waals surface area (Å²) in [6, 6.07) is 12.4. The van der Waals surface area contributed by atoms with Crippen molar-refractivity contribution in [3.8, 4) is 0 Å². The lowest BCUT2D eigenvalue weighted by Crippen LogP contribution is -2.35. The van der Waals surface area contributed by atoms with Gasteiger partial charge in [-0.3, -0.25) is 4.72 Å². The van der Waals surface area contributed by atoms with Crippen LogP contribution in [0.3, 0.4) is 0 Å². The molecule has 2 aromatic carbocycles. The Labute approximate surface area is 160 Å². The standard InChI is InChI=1S/C20H24N2O4S/c1-14(2)15-5-8-19(9-6-15)27(24,25)21-18-7-4-16-10-11-22(20(23)26-3)13-17(16)12-18/h4-9,12,14,21H,10-11,13H2,1-3H3. The fraction of sp³-hybridized carbons (Fsp3) is 0.350. The molecule has 0 saturated heterocycles. The number of nitrogens with zero attached hydrogens (tertiary/aromatic N) is 1. The molecule has 3 rings (SSSR count). The molecule has 1 N–H and O–H groups in total. The van der Waals surface area contributed by atoms with Gasteiger partial charge in [0.25, 0.3) is 10.0 Å². The van der Waals surface area contributed by atoms with Gasteiger partial charge in [-0.2, -0.15) is 0 Å². The average molecular weight is 388 g/mol. The van der Waals surface area contributed by atoms with Gasteiger partial charge in [-0.05, 0) is 53.3 Å². The number of nitrogens with one attached hydrogen (secondary N) is 1. The van der Waals surface area contributed by atoms with E-state index in [1.807, 2.05) is 18.2 Å². The van der Waals surface area contributed by atoms with Crippen LogP contribution in [0.25, 0.3) is 0 Å². The predicted octanol–water partition coefficient (Wildman–Crippen LogP) is 3.74. The van der Waals surface area contributed by atoms with Crippen LogP contribution in [0.4, 0.5) is 10.5 Å². The number of hydrogen-bond acceptors (Lipinski definition) is 4. The van der Waals surface area contributed by atoms with Gasteiger partial charge in [-0.1, -0.05) is 32.0 Å². The molecule has 0 atom stereocenters. The summed E-state index contributed by atoms with van der Waals surface area (Å²) in [4.78, 5) is 13.6. The van der Waals surface area contributed by atoms with Crippen molar-refractivity contribution in [3.63, 3.8) is 0 Å². The lowest BCUT2D eigenvalue weighted by atomic mass is 9.99. The van der Waals surface area contributed by atoms with Gasteiger partial charge in [0.05, 0.1) is 12.0 Å². The number of hydrogen-bond donors (Lipinski definition) is 1. The molecule has 1 aliphatic heterocycles. The van der Waals surface area contributed by atoms with E-state index < -0.39 is 10.0 Å². The van der Waals surface area contributed by atoms with Crippen molar-refractivity contribution in [2.45, 2.75) is 37.6 Å². The maximum absolute atomic E-state index is 12.7. The highest BCUT2D eigenvalue weighted by atomic mass is 32.2. The van der Waals surface area contributed by atoms with E-state index in [0.29, 0.717) is 31.1 Å². The van der Waals surface area contributed by atoms with Gasteiger partial charge in [0.15, 0.2) is 0 Å². The molecule has 0 spiro atoms. The van der Waals surface area contributed by atoms with Gasteiger partial charge < -0.3 is 9.64 Å². The fourth-order valence-electron chi connectivity index (χ4n) is 3.15. The highest BCUT2D eigenvalue weighted by molar-refractivity contribution is 7.92. The molecule has 0 bridgehead atoms. The van der Waals surface area contributed by atoms with Crippen LogP contribution in [0.1, 0.15) is 36.5 Å². The number of fused-ring (bicyclic) bond motifs is 1. The van der Waals surface area contributed by atoms with Gasteiger partial charge in [0, 0.05) is 18.8 Å². The largest absolute Gasteiger partial charge is 0.453 e. The number of carbonyl (C=O) groups excluding carboxylic acids is 1. The minimum absolute atomic E-state index is 0.223. The molecule has 144 valence electrons. The van der Waals surface area contributed by atoms with Crippen molar-refractivity contribution >= 4 is 21.8 Å². The zero-order chi connectivity index (χ0) is 19.6. The van der Waals surface area contributed by atoms with Gasteiger partial charge in [0.2, 0.25) is 0 Å². The minimum atomic E-state index is -3.67. The number of amides is 1. The normalized spacial score (nSPS) is 14.0. The van der Waals surface area contributed by atoms with Crippen molar-refractivity contribution in [3.05, 3.63) is 59.2 Å². The smallest absolute Gasteiger partial charge is 0.409 e. The Morgan fingerprint density at radius 3 is 2.44 bits per heavy atom. The maximum Gasteiger partial charge on any atom is 0.409 e. The molecular formula is C20H24N2O4S. The predicted molar refractivity (Wildman–Crippen MR) is 104 cm³/mol. The number of carbonyl (C=O) groups is 1. The van der Waals surface area contributed by atoms with Crippen LogP contribution in [-0.4, -0.2) is 33.1 Å². The zero-order valence-corrected chi connectivity index (χ0v) is 16.5. The Morgan fingerprint density at radius 2 is 1.81 bits per heavy atom. The summed E-state index contributed by atoms with van der Waals surface area (Å²) in [7, 11) is -2.32. The first-order valence-corrected chi connectivity index (χ1v) is 10.4. The van der Waals surface area contributed by atoms with E-state index in [9.17, 15) is 13.2 Å². The lowest BCUT2D eigenvalue weighted by molar-refractivity contribution is 0.118. The van der Waals surface area contributed by atoms with Crippen molar-refractivity contribution in [2.75, 3.05) is 18.4 Å². The number of methoxy groups -OCH3 is 1. The first-order valence-electron chi connectivity index (χ1n) is 8.87. The molecule has 1 heterocycles. The zero-order valence-electron chi connectivity index (χ0n) is 15.7. The maximum atomic E-state index is 12.7. The van der Waals surface area contributed by atoms with Crippen LogP contribution in [0, 0.1) is 0 Å². The van der Waals surface area contributed by atoms with E-state index >= 15 is 0 Å². The molecule has 0 aromatic heterocycles. The van der Waals surface area contributed by atoms with Gasteiger partial charge in [-0.15, -0.1) is 0 Å². The summed E-state index contributed by atoms with van der Waals surface area (Å²) in [5.74, 6) is 0.341. The van der Waals surface area contributed by atoms with Crippen LogP contribution in [0.5, 0.6) is 0 Å². The summed E-state index contributed by atoms with van der Waals surface area (Å²) < 4.78 is 32.8. The van der Waals surface area contributed by atoms with Crippen LogP contribution in [-0.2, 0) is 27.7 Å². The van der Waals surface area contributed by atoms with E-state index in [-0.39, 0.29) is 11.0 Å². The van der Waals surface area contributed by atoms with Crippen molar-refractivity contribution in [1.82, 2.24) is 4.90 Å². The summed E-state index contributed by atoms with van der Waals surface area (Å²) in [6.07, 6.45) is 0.339. The molecule has 6 nitrogen and oxygen atoms in total. The summed E-state index contributed by atoms with van der Waals surface area (Å²) in [5.41, 5.74) is 3.60. The molecule has 0 saturated carbocycles.